The van der Waals surface area contributed by atoms with Gasteiger partial charge in [0.05, 0.1) is 0 Å². The van der Waals surface area contributed by atoms with Crippen molar-refractivity contribution in [2.24, 2.45) is 0 Å². The van der Waals surface area contributed by atoms with Crippen LogP contribution in [0.1, 0.15) is 24.0 Å². The Hall–Kier alpha value is -4.00. The summed E-state index contributed by atoms with van der Waals surface area (Å²) < 4.78 is 13.1. The molecule has 0 fully saturated rings. The van der Waals surface area contributed by atoms with Crippen molar-refractivity contribution >= 4 is 28.4 Å². The van der Waals surface area contributed by atoms with Crippen LogP contribution in [0.25, 0.3) is 10.9 Å². The molecule has 4 rings (SSSR count). The van der Waals surface area contributed by atoms with Crippen molar-refractivity contribution in [3.05, 3.63) is 96.2 Å². The van der Waals surface area contributed by atoms with E-state index in [0.29, 0.717) is 24.9 Å². The second kappa shape index (κ2) is 10.5. The number of amides is 2. The van der Waals surface area contributed by atoms with Crippen LogP contribution in [0.5, 0.6) is 0 Å². The number of anilines is 1. The molecule has 0 saturated carbocycles. The topological polar surface area (TPSA) is 86.9 Å². The molecule has 3 N–H and O–H groups in total. The highest BCUT2D eigenvalue weighted by Gasteiger charge is 2.22. The van der Waals surface area contributed by atoms with Gasteiger partial charge in [-0.2, -0.15) is 0 Å². The van der Waals surface area contributed by atoms with Crippen LogP contribution in [0.3, 0.4) is 0 Å². The number of hydrogen-bond acceptors (Lipinski definition) is 3. The Bertz CT molecular complexity index is 1220. The van der Waals surface area contributed by atoms with Crippen LogP contribution in [0, 0.1) is 5.82 Å². The fraction of sp³-hybridized carbons (Fsp3) is 0.192. The van der Waals surface area contributed by atoms with Crippen LogP contribution in [-0.4, -0.2) is 27.8 Å². The smallest absolute Gasteiger partial charge is 0.247 e. The van der Waals surface area contributed by atoms with E-state index in [4.69, 9.17) is 0 Å². The zero-order chi connectivity index (χ0) is 23.0. The van der Waals surface area contributed by atoms with E-state index in [0.717, 1.165) is 22.0 Å². The summed E-state index contributed by atoms with van der Waals surface area (Å²) in [4.78, 5) is 32.9. The maximum Gasteiger partial charge on any atom is 0.247 e. The minimum absolute atomic E-state index is 0.202. The Kier molecular flexibility index (Phi) is 7.09. The number of fused-ring (bicyclic) bond motifs is 1. The van der Waals surface area contributed by atoms with Gasteiger partial charge in [-0.25, -0.2) is 4.39 Å². The third-order valence-electron chi connectivity index (χ3n) is 5.48. The molecule has 4 aromatic rings. The zero-order valence-corrected chi connectivity index (χ0v) is 18.1. The number of para-hydroxylation sites is 1. The molecule has 6 nitrogen and oxygen atoms in total. The number of benzene rings is 2. The number of hydrogen-bond donors (Lipinski definition) is 3. The number of rotatable bonds is 9. The number of aromatic amines is 1. The second-order valence-electron chi connectivity index (χ2n) is 7.89. The summed E-state index contributed by atoms with van der Waals surface area (Å²) in [5.74, 6) is -0.776. The molecule has 2 aromatic carbocycles. The molecule has 168 valence electrons. The number of H-pyrrole nitrogens is 1. The Labute approximate surface area is 191 Å². The lowest BCUT2D eigenvalue weighted by Crippen LogP contribution is -2.45. The molecule has 7 heteroatoms. The number of carbonyl (C=O) groups is 2. The van der Waals surface area contributed by atoms with Crippen molar-refractivity contribution < 1.29 is 14.0 Å². The Morgan fingerprint density at radius 1 is 1.00 bits per heavy atom. The first-order valence-corrected chi connectivity index (χ1v) is 10.9. The van der Waals surface area contributed by atoms with Crippen molar-refractivity contribution in [3.8, 4) is 0 Å². The molecule has 0 saturated heterocycles. The molecular weight excluding hydrogens is 419 g/mol. The van der Waals surface area contributed by atoms with Crippen LogP contribution in [0.15, 0.2) is 79.3 Å². The van der Waals surface area contributed by atoms with E-state index in [1.165, 1.54) is 12.1 Å². The summed E-state index contributed by atoms with van der Waals surface area (Å²) in [5.41, 5.74) is 3.51. The summed E-state index contributed by atoms with van der Waals surface area (Å²) in [6, 6.07) is 16.8. The highest BCUT2D eigenvalue weighted by molar-refractivity contribution is 5.97. The van der Waals surface area contributed by atoms with Crippen LogP contribution in [-0.2, 0) is 22.4 Å². The molecule has 2 heterocycles. The number of nitrogens with one attached hydrogen (secondary N) is 3. The summed E-state index contributed by atoms with van der Waals surface area (Å²) in [6.45, 7) is 0. The van der Waals surface area contributed by atoms with Gasteiger partial charge < -0.3 is 15.6 Å². The van der Waals surface area contributed by atoms with Gasteiger partial charge in [0.15, 0.2) is 0 Å². The van der Waals surface area contributed by atoms with E-state index in [1.54, 1.807) is 36.7 Å². The van der Waals surface area contributed by atoms with Crippen LogP contribution in [0.4, 0.5) is 10.1 Å². The summed E-state index contributed by atoms with van der Waals surface area (Å²) in [6.07, 6.45) is 6.94. The van der Waals surface area contributed by atoms with Crippen LogP contribution < -0.4 is 10.6 Å². The normalized spacial score (nSPS) is 11.8. The van der Waals surface area contributed by atoms with Gasteiger partial charge in [-0.15, -0.1) is 0 Å². The lowest BCUT2D eigenvalue weighted by Gasteiger charge is -2.18. The van der Waals surface area contributed by atoms with E-state index in [9.17, 15) is 14.0 Å². The Morgan fingerprint density at radius 3 is 2.55 bits per heavy atom. The molecule has 1 atom stereocenters. The standard InChI is InChI=1S/C26H25FN4O2/c27-20-10-8-18(9-11-20)4-3-7-25(32)31-24(26(33)30-21-12-14-28-15-13-21)16-19-17-29-23-6-2-1-5-22(19)23/h1-2,5-6,8-15,17,24,29H,3-4,7,16H2,(H,31,32)(H,28,30,33). The van der Waals surface area contributed by atoms with Crippen molar-refractivity contribution in [3.63, 3.8) is 0 Å². The average Bonchev–Trinajstić information content (AvgIpc) is 3.23. The first-order valence-electron chi connectivity index (χ1n) is 10.9. The minimum atomic E-state index is -0.740. The van der Waals surface area contributed by atoms with Crippen molar-refractivity contribution in [1.29, 1.82) is 0 Å². The summed E-state index contributed by atoms with van der Waals surface area (Å²) >= 11 is 0. The van der Waals surface area contributed by atoms with Gasteiger partial charge in [0.2, 0.25) is 11.8 Å². The van der Waals surface area contributed by atoms with Gasteiger partial charge in [-0.3, -0.25) is 14.6 Å². The third kappa shape index (κ3) is 6.04. The monoisotopic (exact) mass is 444 g/mol. The van der Waals surface area contributed by atoms with Gasteiger partial charge >= 0.3 is 0 Å². The number of nitrogens with zero attached hydrogens (tertiary/aromatic N) is 1. The van der Waals surface area contributed by atoms with Gasteiger partial charge in [0.25, 0.3) is 0 Å². The number of aryl methyl sites for hydroxylation is 1. The fourth-order valence-corrected chi connectivity index (χ4v) is 3.76. The van der Waals surface area contributed by atoms with E-state index in [1.807, 2.05) is 30.5 Å². The predicted molar refractivity (Wildman–Crippen MR) is 126 cm³/mol. The van der Waals surface area contributed by atoms with E-state index in [-0.39, 0.29) is 24.1 Å². The molecule has 2 aromatic heterocycles. The molecule has 0 aliphatic rings. The van der Waals surface area contributed by atoms with E-state index >= 15 is 0 Å². The highest BCUT2D eigenvalue weighted by atomic mass is 19.1. The van der Waals surface area contributed by atoms with Gasteiger partial charge in [0.1, 0.15) is 11.9 Å². The molecular formula is C26H25FN4O2. The van der Waals surface area contributed by atoms with Crippen molar-refractivity contribution in [2.45, 2.75) is 31.7 Å². The maximum absolute atomic E-state index is 13.1. The SMILES string of the molecule is O=C(CCCc1ccc(F)cc1)NC(Cc1c[nH]c2ccccc12)C(=O)Nc1ccncc1. The van der Waals surface area contributed by atoms with Crippen molar-refractivity contribution in [2.75, 3.05) is 5.32 Å². The summed E-state index contributed by atoms with van der Waals surface area (Å²) in [7, 11) is 0. The first kappa shape index (κ1) is 22.2. The largest absolute Gasteiger partial charge is 0.361 e. The second-order valence-corrected chi connectivity index (χ2v) is 7.89. The van der Waals surface area contributed by atoms with E-state index < -0.39 is 6.04 Å². The molecule has 2 amide bonds. The third-order valence-corrected chi connectivity index (χ3v) is 5.48. The number of halogens is 1. The minimum Gasteiger partial charge on any atom is -0.361 e. The van der Waals surface area contributed by atoms with Crippen LogP contribution >= 0.6 is 0 Å². The summed E-state index contributed by atoms with van der Waals surface area (Å²) in [5, 5.41) is 6.77. The molecule has 33 heavy (non-hydrogen) atoms. The van der Waals surface area contributed by atoms with Crippen molar-refractivity contribution in [1.82, 2.24) is 15.3 Å². The molecule has 0 aliphatic carbocycles. The zero-order valence-electron chi connectivity index (χ0n) is 18.1. The van der Waals surface area contributed by atoms with Gasteiger partial charge in [0, 0.05) is 48.0 Å². The lowest BCUT2D eigenvalue weighted by atomic mass is 10.0. The van der Waals surface area contributed by atoms with Gasteiger partial charge in [-0.05, 0) is 54.3 Å². The Balaban J connectivity index is 1.42. The lowest BCUT2D eigenvalue weighted by molar-refractivity contribution is -0.126. The number of aromatic nitrogens is 2. The number of carbonyl (C=O) groups excluding carboxylic acids is 2. The predicted octanol–water partition coefficient (Wildman–Crippen LogP) is 4.39. The molecule has 0 aliphatic heterocycles. The first-order chi connectivity index (χ1) is 16.1. The number of pyridine rings is 1. The molecule has 0 spiro atoms. The quantitative estimate of drug-likeness (QED) is 0.358. The Morgan fingerprint density at radius 2 is 1.76 bits per heavy atom. The molecule has 1 unspecified atom stereocenters. The molecule has 0 radical (unpaired) electrons. The average molecular weight is 445 g/mol. The molecule has 0 bridgehead atoms. The highest BCUT2D eigenvalue weighted by Crippen LogP contribution is 2.20. The fourth-order valence-electron chi connectivity index (χ4n) is 3.76. The van der Waals surface area contributed by atoms with Crippen LogP contribution in [0.2, 0.25) is 0 Å². The van der Waals surface area contributed by atoms with E-state index in [2.05, 4.69) is 20.6 Å². The maximum atomic E-state index is 13.1. The van der Waals surface area contributed by atoms with Gasteiger partial charge in [-0.1, -0.05) is 30.3 Å².